The van der Waals surface area contributed by atoms with Crippen LogP contribution in [-0.2, 0) is 4.74 Å². The quantitative estimate of drug-likeness (QED) is 0.327. The van der Waals surface area contributed by atoms with Crippen molar-refractivity contribution in [3.63, 3.8) is 0 Å². The summed E-state index contributed by atoms with van der Waals surface area (Å²) in [5.41, 5.74) is 4.72. The largest absolute Gasteiger partial charge is 0.492 e. The van der Waals surface area contributed by atoms with Gasteiger partial charge >= 0.3 is 6.03 Å². The third-order valence-electron chi connectivity index (χ3n) is 7.15. The fourth-order valence-corrected chi connectivity index (χ4v) is 5.18. The zero-order valence-corrected chi connectivity index (χ0v) is 22.4. The number of imidazole rings is 1. The van der Waals surface area contributed by atoms with E-state index in [1.165, 1.54) is 0 Å². The van der Waals surface area contributed by atoms with E-state index < -0.39 is 0 Å². The van der Waals surface area contributed by atoms with Crippen LogP contribution in [0.3, 0.4) is 0 Å². The zero-order chi connectivity index (χ0) is 26.6. The molecule has 2 saturated heterocycles. The number of benzene rings is 2. The van der Waals surface area contributed by atoms with Gasteiger partial charge in [-0.3, -0.25) is 4.90 Å². The minimum atomic E-state index is -0.0935. The molecule has 2 aromatic heterocycles. The van der Waals surface area contributed by atoms with Gasteiger partial charge in [-0.05, 0) is 54.8 Å². The van der Waals surface area contributed by atoms with Crippen LogP contribution in [0.4, 0.5) is 10.5 Å². The number of amides is 2. The van der Waals surface area contributed by atoms with Crippen molar-refractivity contribution in [2.24, 2.45) is 0 Å². The highest BCUT2D eigenvalue weighted by atomic mass is 35.5. The number of carbonyl (C=O) groups is 1. The number of ether oxygens (including phenoxy) is 2. The number of morpholine rings is 1. The van der Waals surface area contributed by atoms with E-state index in [4.69, 9.17) is 21.1 Å². The normalized spacial score (nSPS) is 16.1. The van der Waals surface area contributed by atoms with Gasteiger partial charge in [-0.15, -0.1) is 0 Å². The summed E-state index contributed by atoms with van der Waals surface area (Å²) < 4.78 is 11.4. The average molecular weight is 547 g/mol. The molecule has 4 heterocycles. The van der Waals surface area contributed by atoms with Crippen molar-refractivity contribution in [3.8, 4) is 28.3 Å². The van der Waals surface area contributed by atoms with E-state index in [9.17, 15) is 4.79 Å². The van der Waals surface area contributed by atoms with Gasteiger partial charge in [0.2, 0.25) is 0 Å². The van der Waals surface area contributed by atoms with E-state index in [-0.39, 0.29) is 6.03 Å². The fraction of sp³-hybridized carbons (Fsp3) is 0.345. The molecule has 2 fully saturated rings. The van der Waals surface area contributed by atoms with E-state index >= 15 is 0 Å². The Labute approximate surface area is 232 Å². The van der Waals surface area contributed by atoms with Crippen LogP contribution in [0.5, 0.6) is 5.75 Å². The van der Waals surface area contributed by atoms with E-state index in [1.54, 1.807) is 12.1 Å². The van der Waals surface area contributed by atoms with Gasteiger partial charge in [0.1, 0.15) is 18.2 Å². The number of anilines is 1. The predicted molar refractivity (Wildman–Crippen MR) is 152 cm³/mol. The highest BCUT2D eigenvalue weighted by molar-refractivity contribution is 6.33. The number of pyridine rings is 1. The van der Waals surface area contributed by atoms with Gasteiger partial charge in [-0.1, -0.05) is 23.7 Å². The Kier molecular flexibility index (Phi) is 7.62. The molecule has 39 heavy (non-hydrogen) atoms. The van der Waals surface area contributed by atoms with Gasteiger partial charge in [0.25, 0.3) is 0 Å². The first-order valence-electron chi connectivity index (χ1n) is 13.4. The summed E-state index contributed by atoms with van der Waals surface area (Å²) in [6.45, 7) is 6.54. The van der Waals surface area contributed by atoms with Crippen LogP contribution in [0.25, 0.3) is 33.7 Å². The summed E-state index contributed by atoms with van der Waals surface area (Å²) in [5.74, 6) is 1.42. The third kappa shape index (κ3) is 6.00. The van der Waals surface area contributed by atoms with E-state index in [1.807, 2.05) is 47.5 Å². The van der Waals surface area contributed by atoms with Crippen LogP contribution in [0, 0.1) is 0 Å². The molecule has 9 nitrogen and oxygen atoms in total. The number of nitrogens with zero attached hydrogens (tertiary/aromatic N) is 4. The number of urea groups is 1. The predicted octanol–water partition coefficient (Wildman–Crippen LogP) is 5.28. The number of aromatic nitrogens is 3. The molecule has 0 saturated carbocycles. The van der Waals surface area contributed by atoms with Crippen molar-refractivity contribution in [1.29, 1.82) is 0 Å². The molecule has 0 radical (unpaired) electrons. The molecule has 2 aliphatic rings. The number of aromatic amines is 1. The Morgan fingerprint density at radius 1 is 1.05 bits per heavy atom. The number of hydrogen-bond donors (Lipinski definition) is 2. The van der Waals surface area contributed by atoms with Crippen LogP contribution in [0.1, 0.15) is 12.8 Å². The Morgan fingerprint density at radius 3 is 2.74 bits per heavy atom. The summed E-state index contributed by atoms with van der Waals surface area (Å²) in [6, 6.07) is 15.4. The summed E-state index contributed by atoms with van der Waals surface area (Å²) >= 11 is 6.53. The summed E-state index contributed by atoms with van der Waals surface area (Å²) in [6.07, 6.45) is 3.90. The first kappa shape index (κ1) is 25.6. The topological polar surface area (TPSA) is 95.6 Å². The lowest BCUT2D eigenvalue weighted by atomic mass is 10.1. The van der Waals surface area contributed by atoms with Crippen LogP contribution in [0.15, 0.2) is 54.7 Å². The molecule has 0 atom stereocenters. The molecule has 0 unspecified atom stereocenters. The molecule has 6 rings (SSSR count). The minimum Gasteiger partial charge on any atom is -0.492 e. The molecule has 10 heteroatoms. The van der Waals surface area contributed by atoms with Crippen molar-refractivity contribution in [1.82, 2.24) is 24.8 Å². The van der Waals surface area contributed by atoms with Gasteiger partial charge in [0.15, 0.2) is 5.65 Å². The van der Waals surface area contributed by atoms with E-state index in [0.717, 1.165) is 81.2 Å². The van der Waals surface area contributed by atoms with Gasteiger partial charge in [0.05, 0.1) is 23.8 Å². The maximum absolute atomic E-state index is 12.5. The maximum atomic E-state index is 12.5. The molecule has 0 bridgehead atoms. The highest BCUT2D eigenvalue weighted by Gasteiger charge is 2.19. The first-order valence-corrected chi connectivity index (χ1v) is 13.8. The van der Waals surface area contributed by atoms with Crippen molar-refractivity contribution in [2.75, 3.05) is 57.9 Å². The number of rotatable bonds is 7. The maximum Gasteiger partial charge on any atom is 0.321 e. The van der Waals surface area contributed by atoms with Crippen LogP contribution < -0.4 is 10.1 Å². The summed E-state index contributed by atoms with van der Waals surface area (Å²) in [5, 5.41) is 3.51. The van der Waals surface area contributed by atoms with E-state index in [0.29, 0.717) is 34.4 Å². The smallest absolute Gasteiger partial charge is 0.321 e. The Balaban J connectivity index is 1.18. The standard InChI is InChI=1S/C29H31ClN6O3/c30-25-7-6-22(32-29(37)36-8-1-2-9-36)18-24(25)27-33-26-17-21(19-31-28(26)34-27)20-4-3-5-23(16-20)39-15-12-35-10-13-38-14-11-35/h3-7,16-19H,1-2,8-15H2,(H,32,37)(H,31,33,34). The molecular formula is C29H31ClN6O3. The van der Waals surface area contributed by atoms with Crippen molar-refractivity contribution < 1.29 is 14.3 Å². The van der Waals surface area contributed by atoms with Crippen LogP contribution >= 0.6 is 11.6 Å². The number of likely N-dealkylation sites (tertiary alicyclic amines) is 1. The summed E-state index contributed by atoms with van der Waals surface area (Å²) in [7, 11) is 0. The van der Waals surface area contributed by atoms with Crippen LogP contribution in [0.2, 0.25) is 5.02 Å². The number of halogens is 1. The second-order valence-electron chi connectivity index (χ2n) is 9.83. The number of hydrogen-bond acceptors (Lipinski definition) is 6. The molecule has 2 aromatic carbocycles. The molecule has 2 N–H and O–H groups in total. The second kappa shape index (κ2) is 11.6. The molecule has 2 aliphatic heterocycles. The number of fused-ring (bicyclic) bond motifs is 1. The van der Waals surface area contributed by atoms with Crippen molar-refractivity contribution >= 4 is 34.5 Å². The first-order chi connectivity index (χ1) is 19.1. The van der Waals surface area contributed by atoms with Crippen LogP contribution in [-0.4, -0.2) is 83.3 Å². The number of H-pyrrole nitrogens is 1. The van der Waals surface area contributed by atoms with Crippen molar-refractivity contribution in [2.45, 2.75) is 12.8 Å². The number of nitrogens with one attached hydrogen (secondary N) is 2. The molecule has 4 aromatic rings. The van der Waals surface area contributed by atoms with Gasteiger partial charge in [0, 0.05) is 55.7 Å². The lowest BCUT2D eigenvalue weighted by molar-refractivity contribution is 0.0322. The Hall–Kier alpha value is -3.66. The zero-order valence-electron chi connectivity index (χ0n) is 21.7. The van der Waals surface area contributed by atoms with Gasteiger partial charge < -0.3 is 24.7 Å². The lowest BCUT2D eigenvalue weighted by Crippen LogP contribution is -2.38. The molecule has 2 amide bonds. The summed E-state index contributed by atoms with van der Waals surface area (Å²) in [4.78, 5) is 29.3. The van der Waals surface area contributed by atoms with Gasteiger partial charge in [-0.2, -0.15) is 0 Å². The van der Waals surface area contributed by atoms with Crippen molar-refractivity contribution in [3.05, 3.63) is 59.8 Å². The molecule has 0 aliphatic carbocycles. The SMILES string of the molecule is O=C(Nc1ccc(Cl)c(-c2nc3ncc(-c4cccc(OCCN5CCOCC5)c4)cc3[nH]2)c1)N1CCCC1. The third-order valence-corrected chi connectivity index (χ3v) is 7.48. The highest BCUT2D eigenvalue weighted by Crippen LogP contribution is 2.32. The minimum absolute atomic E-state index is 0.0935. The molecule has 0 spiro atoms. The van der Waals surface area contributed by atoms with E-state index in [2.05, 4.69) is 25.2 Å². The second-order valence-corrected chi connectivity index (χ2v) is 10.2. The molecular weight excluding hydrogens is 516 g/mol. The van der Waals surface area contributed by atoms with Gasteiger partial charge in [-0.25, -0.2) is 14.8 Å². The molecule has 202 valence electrons. The average Bonchev–Trinajstić information content (AvgIpc) is 3.65. The Morgan fingerprint density at radius 2 is 1.90 bits per heavy atom. The monoisotopic (exact) mass is 546 g/mol. The number of carbonyl (C=O) groups excluding carboxylic acids is 1. The Bertz CT molecular complexity index is 1460. The fourth-order valence-electron chi connectivity index (χ4n) is 4.98. The lowest BCUT2D eigenvalue weighted by Gasteiger charge is -2.26.